The first kappa shape index (κ1) is 23.3. The van der Waals surface area contributed by atoms with Crippen LogP contribution in [0.3, 0.4) is 0 Å². The lowest BCUT2D eigenvalue weighted by Crippen LogP contribution is -2.48. The molecule has 4 atom stereocenters. The zero-order valence-corrected chi connectivity index (χ0v) is 20.8. The van der Waals surface area contributed by atoms with E-state index in [-0.39, 0.29) is 17.4 Å². The summed E-state index contributed by atoms with van der Waals surface area (Å²) in [5.41, 5.74) is 2.69. The van der Waals surface area contributed by atoms with Crippen molar-refractivity contribution in [3.63, 3.8) is 0 Å². The molecule has 182 valence electrons. The Kier molecular flexibility index (Phi) is 6.65. The molecule has 5 heteroatoms. The number of carbonyl (C=O) groups excluding carboxylic acids is 1. The van der Waals surface area contributed by atoms with Crippen LogP contribution in [-0.4, -0.2) is 36.6 Å². The Labute approximate surface area is 204 Å². The maximum absolute atomic E-state index is 12.6. The van der Waals surface area contributed by atoms with Crippen molar-refractivity contribution in [2.75, 3.05) is 25.0 Å². The highest BCUT2D eigenvalue weighted by Crippen LogP contribution is 2.57. The number of nitrogens with zero attached hydrogens (tertiary/aromatic N) is 1. The van der Waals surface area contributed by atoms with Crippen molar-refractivity contribution >= 4 is 11.7 Å². The first-order valence-electron chi connectivity index (χ1n) is 13.2. The second kappa shape index (κ2) is 9.69. The summed E-state index contributed by atoms with van der Waals surface area (Å²) in [7, 11) is 0. The molecule has 2 heterocycles. The molecule has 0 radical (unpaired) electrons. The number of aromatic nitrogens is 1. The van der Waals surface area contributed by atoms with Crippen LogP contribution in [0.4, 0.5) is 5.82 Å². The van der Waals surface area contributed by atoms with E-state index in [2.05, 4.69) is 65.1 Å². The van der Waals surface area contributed by atoms with Gasteiger partial charge in [0.1, 0.15) is 5.82 Å². The summed E-state index contributed by atoms with van der Waals surface area (Å²) in [4.78, 5) is 17.2. The quantitative estimate of drug-likeness (QED) is 0.558. The van der Waals surface area contributed by atoms with Crippen LogP contribution in [0.2, 0.25) is 0 Å². The van der Waals surface area contributed by atoms with Gasteiger partial charge in [0.2, 0.25) is 0 Å². The van der Waals surface area contributed by atoms with Crippen LogP contribution in [0, 0.1) is 17.3 Å². The van der Waals surface area contributed by atoms with E-state index in [0.717, 1.165) is 50.1 Å². The van der Waals surface area contributed by atoms with Crippen LogP contribution in [0.5, 0.6) is 0 Å². The van der Waals surface area contributed by atoms with Gasteiger partial charge in [0, 0.05) is 18.8 Å². The lowest BCUT2D eigenvalue weighted by atomic mass is 9.50. The fourth-order valence-corrected chi connectivity index (χ4v) is 7.36. The van der Waals surface area contributed by atoms with Gasteiger partial charge in [0.05, 0.1) is 5.56 Å². The summed E-state index contributed by atoms with van der Waals surface area (Å²) in [5.74, 6) is 2.43. The summed E-state index contributed by atoms with van der Waals surface area (Å²) in [5, 5.41) is 10.1. The number of hydrogen-bond acceptors (Lipinski definition) is 4. The van der Waals surface area contributed by atoms with Crippen molar-refractivity contribution in [2.24, 2.45) is 17.3 Å². The number of rotatable bonds is 6. The minimum absolute atomic E-state index is 0.0167. The SMILES string of the molecule is CC1CC2CC(C)(CNc3ccc(C(=O)NC4CCNCC4)cn3)CC(c3ccccc3)(C1)C2. The lowest BCUT2D eigenvalue weighted by Gasteiger charge is -2.55. The van der Waals surface area contributed by atoms with Gasteiger partial charge in [0.15, 0.2) is 0 Å². The van der Waals surface area contributed by atoms with E-state index in [9.17, 15) is 4.79 Å². The smallest absolute Gasteiger partial charge is 0.253 e. The maximum Gasteiger partial charge on any atom is 0.253 e. The maximum atomic E-state index is 12.6. The summed E-state index contributed by atoms with van der Waals surface area (Å²) < 4.78 is 0. The Morgan fingerprint density at radius 2 is 1.88 bits per heavy atom. The molecule has 2 saturated carbocycles. The first-order valence-corrected chi connectivity index (χ1v) is 13.2. The number of pyridine rings is 1. The molecule has 2 bridgehead atoms. The van der Waals surface area contributed by atoms with Gasteiger partial charge in [-0.15, -0.1) is 0 Å². The number of anilines is 1. The number of carbonyl (C=O) groups is 1. The molecule has 1 aliphatic heterocycles. The van der Waals surface area contributed by atoms with Gasteiger partial charge < -0.3 is 16.0 Å². The van der Waals surface area contributed by atoms with Gasteiger partial charge in [-0.05, 0) is 98.4 Å². The number of nitrogens with one attached hydrogen (secondary N) is 3. The van der Waals surface area contributed by atoms with Crippen LogP contribution in [0.15, 0.2) is 48.7 Å². The molecule has 5 nitrogen and oxygen atoms in total. The second-order valence-electron chi connectivity index (χ2n) is 11.7. The van der Waals surface area contributed by atoms with Gasteiger partial charge >= 0.3 is 0 Å². The minimum Gasteiger partial charge on any atom is -0.370 e. The van der Waals surface area contributed by atoms with Crippen LogP contribution in [0.25, 0.3) is 0 Å². The summed E-state index contributed by atoms with van der Waals surface area (Å²) in [6.45, 7) is 7.75. The highest BCUT2D eigenvalue weighted by Gasteiger charge is 2.50. The molecule has 2 aromatic rings. The van der Waals surface area contributed by atoms with E-state index in [0.29, 0.717) is 11.0 Å². The van der Waals surface area contributed by atoms with Crippen LogP contribution < -0.4 is 16.0 Å². The number of fused-ring (bicyclic) bond motifs is 2. The number of benzene rings is 1. The standard InChI is InChI=1S/C29H40N4O/c1-21-14-22-16-28(2,19-29(15-21,17-22)24-6-4-3-5-7-24)20-32-26-9-8-23(18-31-26)27(34)33-25-10-12-30-13-11-25/h3-9,18,21-22,25,30H,10-17,19-20H2,1-2H3,(H,31,32)(H,33,34). The van der Waals surface area contributed by atoms with E-state index in [1.165, 1.54) is 37.7 Å². The molecule has 34 heavy (non-hydrogen) atoms. The van der Waals surface area contributed by atoms with Crippen LogP contribution in [0.1, 0.15) is 74.7 Å². The fraction of sp³-hybridized carbons (Fsp3) is 0.586. The Morgan fingerprint density at radius 1 is 1.09 bits per heavy atom. The Hall–Kier alpha value is -2.40. The normalized spacial score (nSPS) is 31.6. The predicted octanol–water partition coefficient (Wildman–Crippen LogP) is 5.15. The van der Waals surface area contributed by atoms with E-state index in [4.69, 9.17) is 0 Å². The van der Waals surface area contributed by atoms with Crippen molar-refractivity contribution in [3.05, 3.63) is 59.8 Å². The fourth-order valence-electron chi connectivity index (χ4n) is 7.36. The van der Waals surface area contributed by atoms with Gasteiger partial charge in [0.25, 0.3) is 5.91 Å². The number of amides is 1. The summed E-state index contributed by atoms with van der Waals surface area (Å²) in [6.07, 6.45) is 10.2. The zero-order chi connectivity index (χ0) is 23.6. The Balaban J connectivity index is 1.23. The molecular formula is C29H40N4O. The third-order valence-electron chi connectivity index (χ3n) is 8.48. The average molecular weight is 461 g/mol. The van der Waals surface area contributed by atoms with Crippen molar-refractivity contribution in [1.82, 2.24) is 15.6 Å². The molecule has 3 N–H and O–H groups in total. The second-order valence-corrected chi connectivity index (χ2v) is 11.7. The highest BCUT2D eigenvalue weighted by atomic mass is 16.1. The van der Waals surface area contributed by atoms with Crippen LogP contribution >= 0.6 is 0 Å². The molecule has 3 fully saturated rings. The first-order chi connectivity index (χ1) is 16.4. The molecular weight excluding hydrogens is 420 g/mol. The highest BCUT2D eigenvalue weighted by molar-refractivity contribution is 5.94. The number of hydrogen-bond donors (Lipinski definition) is 3. The molecule has 1 saturated heterocycles. The zero-order valence-electron chi connectivity index (χ0n) is 20.8. The van der Waals surface area contributed by atoms with E-state index >= 15 is 0 Å². The van der Waals surface area contributed by atoms with Gasteiger partial charge in [-0.25, -0.2) is 4.98 Å². The van der Waals surface area contributed by atoms with E-state index in [1.807, 2.05) is 12.1 Å². The van der Waals surface area contributed by atoms with Crippen molar-refractivity contribution < 1.29 is 4.79 Å². The monoisotopic (exact) mass is 460 g/mol. The minimum atomic E-state index is -0.0167. The van der Waals surface area contributed by atoms with Gasteiger partial charge in [-0.2, -0.15) is 0 Å². The molecule has 1 aromatic heterocycles. The molecule has 4 unspecified atom stereocenters. The van der Waals surface area contributed by atoms with Crippen molar-refractivity contribution in [2.45, 2.75) is 70.3 Å². The third kappa shape index (κ3) is 5.14. The Bertz CT molecular complexity index is 967. The third-order valence-corrected chi connectivity index (χ3v) is 8.48. The van der Waals surface area contributed by atoms with E-state index in [1.54, 1.807) is 6.20 Å². The molecule has 1 amide bonds. The average Bonchev–Trinajstić information content (AvgIpc) is 2.83. The summed E-state index contributed by atoms with van der Waals surface area (Å²) in [6, 6.07) is 15.4. The van der Waals surface area contributed by atoms with Crippen molar-refractivity contribution in [3.8, 4) is 0 Å². The molecule has 3 aliphatic rings. The van der Waals surface area contributed by atoms with Gasteiger partial charge in [-0.3, -0.25) is 4.79 Å². The topological polar surface area (TPSA) is 66.1 Å². The predicted molar refractivity (Wildman–Crippen MR) is 138 cm³/mol. The molecule has 5 rings (SSSR count). The van der Waals surface area contributed by atoms with E-state index < -0.39 is 0 Å². The number of piperidine rings is 1. The molecule has 2 aliphatic carbocycles. The largest absolute Gasteiger partial charge is 0.370 e. The van der Waals surface area contributed by atoms with Crippen molar-refractivity contribution in [1.29, 1.82) is 0 Å². The lowest BCUT2D eigenvalue weighted by molar-refractivity contribution is 0.0274. The van der Waals surface area contributed by atoms with Gasteiger partial charge in [-0.1, -0.05) is 44.2 Å². The molecule has 0 spiro atoms. The van der Waals surface area contributed by atoms with Crippen LogP contribution in [-0.2, 0) is 5.41 Å². The molecule has 1 aromatic carbocycles. The Morgan fingerprint density at radius 3 is 2.62 bits per heavy atom. The summed E-state index contributed by atoms with van der Waals surface area (Å²) >= 11 is 0.